The van der Waals surface area contributed by atoms with E-state index < -0.39 is 0 Å². The van der Waals surface area contributed by atoms with Crippen molar-refractivity contribution in [2.45, 2.75) is 19.4 Å². The molecule has 0 aliphatic carbocycles. The van der Waals surface area contributed by atoms with E-state index in [0.29, 0.717) is 16.7 Å². The highest BCUT2D eigenvalue weighted by atomic mass is 35.5. The van der Waals surface area contributed by atoms with Crippen LogP contribution < -0.4 is 4.74 Å². The maximum absolute atomic E-state index is 5.90. The zero-order valence-corrected chi connectivity index (χ0v) is 12.8. The molecule has 5 heteroatoms. The lowest BCUT2D eigenvalue weighted by molar-refractivity contribution is 0.154. The van der Waals surface area contributed by atoms with Crippen LogP contribution in [0.25, 0.3) is 11.4 Å². The standard InChI is InChI=1S/C17H15ClN2O2/c1-2-15(21-14-6-4-3-5-7-14)17-19-16(20-22-17)12-8-10-13(18)11-9-12/h3-11,15H,2H2,1H3/t15-/m1/s1. The predicted molar refractivity (Wildman–Crippen MR) is 84.8 cm³/mol. The molecule has 3 rings (SSSR count). The highest BCUT2D eigenvalue weighted by molar-refractivity contribution is 6.30. The highest BCUT2D eigenvalue weighted by Crippen LogP contribution is 2.26. The largest absolute Gasteiger partial charge is 0.481 e. The number of rotatable bonds is 5. The summed E-state index contributed by atoms with van der Waals surface area (Å²) in [5.41, 5.74) is 0.856. The zero-order valence-electron chi connectivity index (χ0n) is 12.1. The molecule has 0 unspecified atom stereocenters. The monoisotopic (exact) mass is 314 g/mol. The fourth-order valence-electron chi connectivity index (χ4n) is 2.05. The first-order valence-electron chi connectivity index (χ1n) is 7.07. The molecule has 0 amide bonds. The molecule has 4 nitrogen and oxygen atoms in total. The summed E-state index contributed by atoms with van der Waals surface area (Å²) in [6, 6.07) is 16.9. The van der Waals surface area contributed by atoms with Gasteiger partial charge in [-0.3, -0.25) is 0 Å². The van der Waals surface area contributed by atoms with Crippen LogP contribution in [-0.4, -0.2) is 10.1 Å². The molecular weight excluding hydrogens is 300 g/mol. The number of hydrogen-bond donors (Lipinski definition) is 0. The smallest absolute Gasteiger partial charge is 0.268 e. The average molecular weight is 315 g/mol. The minimum atomic E-state index is -0.268. The third-order valence-corrected chi connectivity index (χ3v) is 3.46. The zero-order chi connectivity index (χ0) is 15.4. The lowest BCUT2D eigenvalue weighted by atomic mass is 10.2. The van der Waals surface area contributed by atoms with Gasteiger partial charge in [-0.1, -0.05) is 41.9 Å². The van der Waals surface area contributed by atoms with Crippen LogP contribution in [0, 0.1) is 0 Å². The number of hydrogen-bond acceptors (Lipinski definition) is 4. The molecule has 0 N–H and O–H groups in total. The van der Waals surface area contributed by atoms with E-state index in [-0.39, 0.29) is 6.10 Å². The molecule has 1 atom stereocenters. The van der Waals surface area contributed by atoms with E-state index in [1.165, 1.54) is 0 Å². The van der Waals surface area contributed by atoms with Gasteiger partial charge in [-0.05, 0) is 42.8 Å². The van der Waals surface area contributed by atoms with Crippen LogP contribution in [0.2, 0.25) is 5.02 Å². The molecule has 0 saturated heterocycles. The molecule has 2 aromatic carbocycles. The molecule has 1 aromatic heterocycles. The van der Waals surface area contributed by atoms with Gasteiger partial charge in [-0.25, -0.2) is 0 Å². The van der Waals surface area contributed by atoms with E-state index in [1.807, 2.05) is 49.4 Å². The molecule has 112 valence electrons. The molecule has 0 fully saturated rings. The van der Waals surface area contributed by atoms with Gasteiger partial charge in [0.25, 0.3) is 5.89 Å². The Labute approximate surface area is 133 Å². The number of benzene rings is 2. The van der Waals surface area contributed by atoms with Gasteiger partial charge < -0.3 is 9.26 Å². The van der Waals surface area contributed by atoms with Crippen molar-refractivity contribution in [2.75, 3.05) is 0 Å². The Bertz CT molecular complexity index is 726. The van der Waals surface area contributed by atoms with E-state index in [0.717, 1.165) is 17.7 Å². The fraction of sp³-hybridized carbons (Fsp3) is 0.176. The number of ether oxygens (including phenoxy) is 1. The first-order chi connectivity index (χ1) is 10.8. The van der Waals surface area contributed by atoms with Crippen molar-refractivity contribution in [3.8, 4) is 17.1 Å². The number of aromatic nitrogens is 2. The Morgan fingerprint density at radius 2 is 1.82 bits per heavy atom. The van der Waals surface area contributed by atoms with Crippen molar-refractivity contribution in [3.63, 3.8) is 0 Å². The van der Waals surface area contributed by atoms with Gasteiger partial charge in [0.1, 0.15) is 5.75 Å². The lowest BCUT2D eigenvalue weighted by Gasteiger charge is -2.13. The summed E-state index contributed by atoms with van der Waals surface area (Å²) in [6.45, 7) is 2.01. The average Bonchev–Trinajstić information content (AvgIpc) is 3.04. The Kier molecular flexibility index (Phi) is 4.39. The lowest BCUT2D eigenvalue weighted by Crippen LogP contribution is -2.06. The van der Waals surface area contributed by atoms with Crippen LogP contribution >= 0.6 is 11.6 Å². The van der Waals surface area contributed by atoms with E-state index in [1.54, 1.807) is 12.1 Å². The summed E-state index contributed by atoms with van der Waals surface area (Å²) < 4.78 is 11.3. The van der Waals surface area contributed by atoms with E-state index >= 15 is 0 Å². The van der Waals surface area contributed by atoms with Crippen LogP contribution in [0.4, 0.5) is 0 Å². The van der Waals surface area contributed by atoms with Crippen molar-refractivity contribution in [3.05, 3.63) is 65.5 Å². The van der Waals surface area contributed by atoms with Gasteiger partial charge >= 0.3 is 0 Å². The van der Waals surface area contributed by atoms with Crippen molar-refractivity contribution in [1.82, 2.24) is 10.1 Å². The fourth-order valence-corrected chi connectivity index (χ4v) is 2.18. The molecule has 3 aromatic rings. The van der Waals surface area contributed by atoms with E-state index in [2.05, 4.69) is 10.1 Å². The number of nitrogens with zero attached hydrogens (tertiary/aromatic N) is 2. The second-order valence-electron chi connectivity index (χ2n) is 4.79. The SMILES string of the molecule is CC[C@@H](Oc1ccccc1)c1nc(-c2ccc(Cl)cc2)no1. The summed E-state index contributed by atoms with van der Waals surface area (Å²) in [5.74, 6) is 1.78. The molecule has 0 saturated carbocycles. The molecule has 0 aliphatic rings. The Balaban J connectivity index is 1.80. The Hall–Kier alpha value is -2.33. The van der Waals surface area contributed by atoms with E-state index in [9.17, 15) is 0 Å². The van der Waals surface area contributed by atoms with Crippen LogP contribution in [0.3, 0.4) is 0 Å². The quantitative estimate of drug-likeness (QED) is 0.670. The van der Waals surface area contributed by atoms with Crippen molar-refractivity contribution in [1.29, 1.82) is 0 Å². The Morgan fingerprint density at radius 1 is 1.09 bits per heavy atom. The summed E-state index contributed by atoms with van der Waals surface area (Å²) in [6.07, 6.45) is 0.466. The summed E-state index contributed by atoms with van der Waals surface area (Å²) in [4.78, 5) is 4.43. The van der Waals surface area contributed by atoms with Gasteiger partial charge in [0.05, 0.1) is 0 Å². The molecule has 0 radical (unpaired) electrons. The summed E-state index contributed by atoms with van der Waals surface area (Å²) >= 11 is 5.88. The van der Waals surface area contributed by atoms with Crippen LogP contribution in [-0.2, 0) is 0 Å². The minimum Gasteiger partial charge on any atom is -0.481 e. The topological polar surface area (TPSA) is 48.2 Å². The van der Waals surface area contributed by atoms with Crippen LogP contribution in [0.15, 0.2) is 59.1 Å². The molecule has 0 bridgehead atoms. The van der Waals surface area contributed by atoms with Crippen molar-refractivity contribution < 1.29 is 9.26 Å². The van der Waals surface area contributed by atoms with Crippen LogP contribution in [0.1, 0.15) is 25.3 Å². The van der Waals surface area contributed by atoms with Gasteiger partial charge in [0.15, 0.2) is 6.10 Å². The van der Waals surface area contributed by atoms with Gasteiger partial charge in [0, 0.05) is 10.6 Å². The third kappa shape index (κ3) is 3.28. The maximum atomic E-state index is 5.90. The Morgan fingerprint density at radius 3 is 2.50 bits per heavy atom. The number of halogens is 1. The van der Waals surface area contributed by atoms with Crippen molar-refractivity contribution in [2.24, 2.45) is 0 Å². The first-order valence-corrected chi connectivity index (χ1v) is 7.45. The highest BCUT2D eigenvalue weighted by Gasteiger charge is 2.19. The molecule has 1 heterocycles. The third-order valence-electron chi connectivity index (χ3n) is 3.21. The maximum Gasteiger partial charge on any atom is 0.268 e. The first kappa shape index (κ1) is 14.6. The molecule has 0 spiro atoms. The van der Waals surface area contributed by atoms with Gasteiger partial charge in [-0.2, -0.15) is 4.98 Å². The predicted octanol–water partition coefficient (Wildman–Crippen LogP) is 4.92. The normalized spacial score (nSPS) is 12.1. The van der Waals surface area contributed by atoms with Gasteiger partial charge in [0.2, 0.25) is 5.82 Å². The van der Waals surface area contributed by atoms with Gasteiger partial charge in [-0.15, -0.1) is 0 Å². The summed E-state index contributed by atoms with van der Waals surface area (Å²) in [5, 5.41) is 4.69. The van der Waals surface area contributed by atoms with Crippen molar-refractivity contribution >= 4 is 11.6 Å². The number of para-hydroxylation sites is 1. The molecule has 0 aliphatic heterocycles. The summed E-state index contributed by atoms with van der Waals surface area (Å²) in [7, 11) is 0. The molecule has 22 heavy (non-hydrogen) atoms. The second-order valence-corrected chi connectivity index (χ2v) is 5.23. The minimum absolute atomic E-state index is 0.268. The van der Waals surface area contributed by atoms with Crippen LogP contribution in [0.5, 0.6) is 5.75 Å². The molecular formula is C17H15ClN2O2. The van der Waals surface area contributed by atoms with E-state index in [4.69, 9.17) is 20.9 Å². The second kappa shape index (κ2) is 6.62.